The topological polar surface area (TPSA) is 21.3 Å². The molecule has 3 aromatic carbocycles. The van der Waals surface area contributed by atoms with Crippen molar-refractivity contribution in [2.24, 2.45) is 0 Å². The lowest BCUT2D eigenvalue weighted by atomic mass is 10.1. The van der Waals surface area contributed by atoms with E-state index in [1.807, 2.05) is 42.5 Å². The summed E-state index contributed by atoms with van der Waals surface area (Å²) in [5, 5.41) is 4.27. The maximum Gasteiger partial charge on any atom is 0.124 e. The van der Waals surface area contributed by atoms with Gasteiger partial charge in [0.15, 0.2) is 0 Å². The minimum Gasteiger partial charge on any atom is -0.489 e. The van der Waals surface area contributed by atoms with E-state index in [-0.39, 0.29) is 0 Å². The molecular formula is C22H21BrClNO. The zero-order valence-electron chi connectivity index (χ0n) is 14.4. The summed E-state index contributed by atoms with van der Waals surface area (Å²) in [5.41, 5.74) is 3.58. The monoisotopic (exact) mass is 429 g/mol. The molecule has 0 fully saturated rings. The highest BCUT2D eigenvalue weighted by molar-refractivity contribution is 9.10. The van der Waals surface area contributed by atoms with Gasteiger partial charge in [-0.1, -0.05) is 70.0 Å². The van der Waals surface area contributed by atoms with Crippen LogP contribution in [0.4, 0.5) is 0 Å². The standard InChI is InChI=1S/C22H21BrClNO/c23-20-8-11-22(26-16-18-4-2-1-3-5-18)19(14-20)15-25-13-12-17-6-9-21(24)10-7-17/h1-11,14,25H,12-13,15-16H2. The molecule has 0 amide bonds. The molecule has 3 aromatic rings. The SMILES string of the molecule is Clc1ccc(CCNCc2cc(Br)ccc2OCc2ccccc2)cc1. The molecule has 0 aromatic heterocycles. The molecule has 0 bridgehead atoms. The molecule has 0 aliphatic heterocycles. The van der Waals surface area contributed by atoms with Crippen molar-refractivity contribution in [2.75, 3.05) is 6.54 Å². The Labute approximate surface area is 168 Å². The van der Waals surface area contributed by atoms with Gasteiger partial charge in [-0.15, -0.1) is 0 Å². The van der Waals surface area contributed by atoms with Crippen LogP contribution in [0, 0.1) is 0 Å². The van der Waals surface area contributed by atoms with Crippen LogP contribution >= 0.6 is 27.5 Å². The summed E-state index contributed by atoms with van der Waals surface area (Å²) in [6.45, 7) is 2.23. The van der Waals surface area contributed by atoms with E-state index in [0.29, 0.717) is 6.61 Å². The van der Waals surface area contributed by atoms with Crippen LogP contribution in [0.2, 0.25) is 5.02 Å². The van der Waals surface area contributed by atoms with Gasteiger partial charge in [0.05, 0.1) is 0 Å². The third-order valence-corrected chi connectivity index (χ3v) is 4.82. The number of ether oxygens (including phenoxy) is 1. The number of halogens is 2. The van der Waals surface area contributed by atoms with E-state index in [2.05, 4.69) is 51.6 Å². The van der Waals surface area contributed by atoms with E-state index in [9.17, 15) is 0 Å². The largest absolute Gasteiger partial charge is 0.489 e. The van der Waals surface area contributed by atoms with E-state index in [1.54, 1.807) is 0 Å². The molecule has 0 unspecified atom stereocenters. The first-order chi connectivity index (χ1) is 12.7. The average Bonchev–Trinajstić information content (AvgIpc) is 2.67. The first kappa shape index (κ1) is 19.0. The Morgan fingerprint density at radius 2 is 1.65 bits per heavy atom. The van der Waals surface area contributed by atoms with Crippen molar-refractivity contribution in [2.45, 2.75) is 19.6 Å². The minimum atomic E-state index is 0.570. The zero-order valence-corrected chi connectivity index (χ0v) is 16.8. The fourth-order valence-corrected chi connectivity index (χ4v) is 3.20. The molecule has 0 radical (unpaired) electrons. The Balaban J connectivity index is 1.54. The first-order valence-electron chi connectivity index (χ1n) is 8.61. The number of benzene rings is 3. The first-order valence-corrected chi connectivity index (χ1v) is 9.78. The summed E-state index contributed by atoms with van der Waals surface area (Å²) in [4.78, 5) is 0. The Kier molecular flexibility index (Phi) is 7.13. The maximum atomic E-state index is 6.03. The Bertz CT molecular complexity index is 821. The van der Waals surface area contributed by atoms with Crippen LogP contribution in [0.15, 0.2) is 77.3 Å². The van der Waals surface area contributed by atoms with Crippen LogP contribution in [-0.2, 0) is 19.6 Å². The van der Waals surface area contributed by atoms with Gasteiger partial charge in [-0.05, 0) is 54.4 Å². The van der Waals surface area contributed by atoms with Crippen molar-refractivity contribution < 1.29 is 4.74 Å². The summed E-state index contributed by atoms with van der Waals surface area (Å²) in [5.74, 6) is 0.913. The maximum absolute atomic E-state index is 6.03. The van der Waals surface area contributed by atoms with Crippen molar-refractivity contribution in [1.82, 2.24) is 5.32 Å². The fraction of sp³-hybridized carbons (Fsp3) is 0.182. The second-order valence-electron chi connectivity index (χ2n) is 6.08. The van der Waals surface area contributed by atoms with Crippen molar-refractivity contribution in [3.63, 3.8) is 0 Å². The molecule has 0 spiro atoms. The van der Waals surface area contributed by atoms with Crippen LogP contribution < -0.4 is 10.1 Å². The third kappa shape index (κ3) is 5.87. The highest BCUT2D eigenvalue weighted by Gasteiger charge is 2.05. The second kappa shape index (κ2) is 9.77. The normalized spacial score (nSPS) is 10.7. The molecule has 134 valence electrons. The van der Waals surface area contributed by atoms with Gasteiger partial charge in [-0.2, -0.15) is 0 Å². The summed E-state index contributed by atoms with van der Waals surface area (Å²) >= 11 is 9.47. The van der Waals surface area contributed by atoms with E-state index < -0.39 is 0 Å². The number of hydrogen-bond acceptors (Lipinski definition) is 2. The Morgan fingerprint density at radius 1 is 0.885 bits per heavy atom. The summed E-state index contributed by atoms with van der Waals surface area (Å²) in [7, 11) is 0. The van der Waals surface area contributed by atoms with E-state index in [0.717, 1.165) is 45.9 Å². The summed E-state index contributed by atoms with van der Waals surface area (Å²) in [6, 6.07) is 24.3. The zero-order chi connectivity index (χ0) is 18.2. The van der Waals surface area contributed by atoms with Crippen molar-refractivity contribution in [1.29, 1.82) is 0 Å². The van der Waals surface area contributed by atoms with Gasteiger partial charge in [-0.3, -0.25) is 0 Å². The van der Waals surface area contributed by atoms with Crippen molar-refractivity contribution in [3.8, 4) is 5.75 Å². The molecule has 26 heavy (non-hydrogen) atoms. The van der Waals surface area contributed by atoms with Gasteiger partial charge >= 0.3 is 0 Å². The molecule has 0 heterocycles. The molecule has 0 aliphatic rings. The molecule has 0 saturated heterocycles. The van der Waals surface area contributed by atoms with Gasteiger partial charge in [0.1, 0.15) is 12.4 Å². The highest BCUT2D eigenvalue weighted by Crippen LogP contribution is 2.24. The quantitative estimate of drug-likeness (QED) is 0.442. The highest BCUT2D eigenvalue weighted by atomic mass is 79.9. The van der Waals surface area contributed by atoms with Crippen LogP contribution in [0.25, 0.3) is 0 Å². The van der Waals surface area contributed by atoms with Crippen LogP contribution in [0.3, 0.4) is 0 Å². The lowest BCUT2D eigenvalue weighted by Gasteiger charge is -2.13. The lowest BCUT2D eigenvalue weighted by molar-refractivity contribution is 0.302. The molecule has 3 rings (SSSR count). The predicted molar refractivity (Wildman–Crippen MR) is 112 cm³/mol. The number of hydrogen-bond donors (Lipinski definition) is 1. The number of nitrogens with one attached hydrogen (secondary N) is 1. The van der Waals surface area contributed by atoms with Crippen LogP contribution in [0.5, 0.6) is 5.75 Å². The van der Waals surface area contributed by atoms with Gasteiger partial charge in [-0.25, -0.2) is 0 Å². The van der Waals surface area contributed by atoms with Gasteiger partial charge in [0.2, 0.25) is 0 Å². The van der Waals surface area contributed by atoms with Gasteiger partial charge < -0.3 is 10.1 Å². The molecule has 0 aliphatic carbocycles. The van der Waals surface area contributed by atoms with E-state index in [4.69, 9.17) is 16.3 Å². The lowest BCUT2D eigenvalue weighted by Crippen LogP contribution is -2.17. The van der Waals surface area contributed by atoms with Gasteiger partial charge in [0, 0.05) is 21.6 Å². The van der Waals surface area contributed by atoms with Crippen molar-refractivity contribution >= 4 is 27.5 Å². The molecular weight excluding hydrogens is 410 g/mol. The van der Waals surface area contributed by atoms with Crippen LogP contribution in [0.1, 0.15) is 16.7 Å². The predicted octanol–water partition coefficient (Wildman–Crippen LogP) is 6.01. The second-order valence-corrected chi connectivity index (χ2v) is 7.43. The average molecular weight is 431 g/mol. The molecule has 2 nitrogen and oxygen atoms in total. The molecule has 4 heteroatoms. The van der Waals surface area contributed by atoms with Crippen molar-refractivity contribution in [3.05, 3.63) is 99.0 Å². The Morgan fingerprint density at radius 3 is 2.42 bits per heavy atom. The molecule has 0 saturated carbocycles. The Hall–Kier alpha value is -1.81. The third-order valence-electron chi connectivity index (χ3n) is 4.08. The van der Waals surface area contributed by atoms with Crippen LogP contribution in [-0.4, -0.2) is 6.54 Å². The summed E-state index contributed by atoms with van der Waals surface area (Å²) in [6.07, 6.45) is 0.964. The fourth-order valence-electron chi connectivity index (χ4n) is 2.67. The van der Waals surface area contributed by atoms with E-state index in [1.165, 1.54) is 5.56 Å². The number of rotatable bonds is 8. The van der Waals surface area contributed by atoms with Gasteiger partial charge in [0.25, 0.3) is 0 Å². The molecule has 0 atom stereocenters. The minimum absolute atomic E-state index is 0.570. The summed E-state index contributed by atoms with van der Waals surface area (Å²) < 4.78 is 7.09. The van der Waals surface area contributed by atoms with E-state index >= 15 is 0 Å². The smallest absolute Gasteiger partial charge is 0.124 e. The molecule has 1 N–H and O–H groups in total.